The maximum Gasteiger partial charge on any atom is 0.435 e. The van der Waals surface area contributed by atoms with Crippen molar-refractivity contribution in [3.05, 3.63) is 63.5 Å². The molecule has 5 rings (SSSR count). The molecule has 202 valence electrons. The molecule has 0 aliphatic heterocycles. The first kappa shape index (κ1) is 26.1. The van der Waals surface area contributed by atoms with Crippen molar-refractivity contribution in [1.82, 2.24) is 25.5 Å². The molecule has 2 aromatic heterocycles. The van der Waals surface area contributed by atoms with Crippen LogP contribution < -0.4 is 16.4 Å². The number of carbonyl (C=O) groups excluding carboxylic acids is 2. The van der Waals surface area contributed by atoms with Crippen molar-refractivity contribution in [2.75, 3.05) is 11.9 Å². The molecule has 2 aliphatic rings. The van der Waals surface area contributed by atoms with E-state index < -0.39 is 53.9 Å². The molecular weight excluding hydrogens is 537 g/mol. The summed E-state index contributed by atoms with van der Waals surface area (Å²) >= 11 is 6.20. The first-order chi connectivity index (χ1) is 17.8. The highest BCUT2D eigenvalue weighted by atomic mass is 35.5. The molecule has 2 amide bonds. The number of imidazole rings is 1. The molecule has 2 aliphatic carbocycles. The van der Waals surface area contributed by atoms with Gasteiger partial charge in [-0.2, -0.15) is 18.3 Å². The summed E-state index contributed by atoms with van der Waals surface area (Å²) in [7, 11) is 0. The number of carbonyl (C=O) groups is 2. The third-order valence-electron chi connectivity index (χ3n) is 6.52. The number of nitrogens with two attached hydrogens (primary N) is 1. The van der Waals surface area contributed by atoms with Crippen LogP contribution in [0.3, 0.4) is 0 Å². The van der Waals surface area contributed by atoms with Crippen molar-refractivity contribution in [2.45, 2.75) is 49.2 Å². The van der Waals surface area contributed by atoms with E-state index in [1.54, 1.807) is 0 Å². The molecule has 6 N–H and O–H groups in total. The Labute approximate surface area is 216 Å². The molecule has 1 atom stereocenters. The van der Waals surface area contributed by atoms with Crippen LogP contribution in [-0.2, 0) is 12.6 Å². The van der Waals surface area contributed by atoms with E-state index in [-0.39, 0.29) is 39.0 Å². The number of halogens is 6. The standard InChI is InChI=1S/C23H21ClF5N7O2/c24-15-6-10(1-2-12(15)19(37)32-9-21(30)3-4-21)34-20(38)18-31-8-11(33-18)5-13-16(14-7-22(14,25)26)35-36-17(13)23(27,28)29/h1-2,6,8,14H,3-5,7,9,30H2,(H,31,33)(H,32,37)(H,34,38)(H,35,36)/t14-/m0/s1. The van der Waals surface area contributed by atoms with Gasteiger partial charge in [0.1, 0.15) is 0 Å². The average molecular weight is 558 g/mol. The highest BCUT2D eigenvalue weighted by molar-refractivity contribution is 6.34. The molecule has 0 saturated heterocycles. The topological polar surface area (TPSA) is 142 Å². The first-order valence-electron chi connectivity index (χ1n) is 11.5. The van der Waals surface area contributed by atoms with Gasteiger partial charge in [-0.3, -0.25) is 14.7 Å². The molecule has 2 heterocycles. The summed E-state index contributed by atoms with van der Waals surface area (Å²) in [4.78, 5) is 31.5. The monoisotopic (exact) mass is 557 g/mol. The SMILES string of the molecule is NC1(CNC(=O)c2ccc(NC(=O)c3ncc(Cc4c(C(F)(F)F)n[nH]c4[C@@H]4CC4(F)F)[nH]3)cc2Cl)CC1. The van der Waals surface area contributed by atoms with Gasteiger partial charge in [0.15, 0.2) is 11.5 Å². The second-order valence-electron chi connectivity index (χ2n) is 9.61. The Bertz CT molecular complexity index is 1410. The second-order valence-corrected chi connectivity index (χ2v) is 10.0. The van der Waals surface area contributed by atoms with Gasteiger partial charge < -0.3 is 21.4 Å². The zero-order valence-corrected chi connectivity index (χ0v) is 20.2. The lowest BCUT2D eigenvalue weighted by atomic mass is 10.0. The number of nitrogens with zero attached hydrogens (tertiary/aromatic N) is 2. The van der Waals surface area contributed by atoms with Crippen molar-refractivity contribution < 1.29 is 31.5 Å². The van der Waals surface area contributed by atoms with Gasteiger partial charge in [0.05, 0.1) is 16.5 Å². The number of rotatable bonds is 8. The number of amides is 2. The van der Waals surface area contributed by atoms with Crippen LogP contribution in [0.5, 0.6) is 0 Å². The quantitative estimate of drug-likeness (QED) is 0.266. The maximum absolute atomic E-state index is 13.6. The largest absolute Gasteiger partial charge is 0.435 e. The van der Waals surface area contributed by atoms with Crippen LogP contribution in [0, 0.1) is 0 Å². The summed E-state index contributed by atoms with van der Waals surface area (Å²) in [5.74, 6) is -5.87. The van der Waals surface area contributed by atoms with Crippen molar-refractivity contribution >= 4 is 29.1 Å². The van der Waals surface area contributed by atoms with Crippen LogP contribution in [0.2, 0.25) is 5.02 Å². The number of aromatic nitrogens is 4. The number of benzene rings is 1. The Morgan fingerprint density at radius 1 is 1.21 bits per heavy atom. The summed E-state index contributed by atoms with van der Waals surface area (Å²) in [6.45, 7) is 0.315. The number of hydrogen-bond donors (Lipinski definition) is 5. The van der Waals surface area contributed by atoms with Crippen LogP contribution in [0.15, 0.2) is 24.4 Å². The van der Waals surface area contributed by atoms with E-state index in [1.807, 2.05) is 0 Å². The zero-order chi connectivity index (χ0) is 27.5. The normalized spacial score (nSPS) is 19.2. The van der Waals surface area contributed by atoms with Gasteiger partial charge in [-0.05, 0) is 31.0 Å². The van der Waals surface area contributed by atoms with Crippen molar-refractivity contribution in [3.63, 3.8) is 0 Å². The highest BCUT2D eigenvalue weighted by Gasteiger charge is 2.60. The molecule has 1 aromatic carbocycles. The van der Waals surface area contributed by atoms with Crippen molar-refractivity contribution in [1.29, 1.82) is 0 Å². The molecule has 9 nitrogen and oxygen atoms in total. The molecule has 2 saturated carbocycles. The van der Waals surface area contributed by atoms with Gasteiger partial charge in [0.25, 0.3) is 17.7 Å². The van der Waals surface area contributed by atoms with Crippen LogP contribution in [0.1, 0.15) is 68.8 Å². The number of nitrogens with one attached hydrogen (secondary N) is 4. The van der Waals surface area contributed by atoms with E-state index in [1.165, 1.54) is 18.2 Å². The fourth-order valence-electron chi connectivity index (χ4n) is 4.02. The Morgan fingerprint density at radius 2 is 1.92 bits per heavy atom. The van der Waals surface area contributed by atoms with Gasteiger partial charge in [0, 0.05) is 53.8 Å². The summed E-state index contributed by atoms with van der Waals surface area (Å²) in [6, 6.07) is 4.22. The highest BCUT2D eigenvalue weighted by Crippen LogP contribution is 2.56. The smallest absolute Gasteiger partial charge is 0.350 e. The predicted octanol–water partition coefficient (Wildman–Crippen LogP) is 3.99. The van der Waals surface area contributed by atoms with Gasteiger partial charge in [0.2, 0.25) is 0 Å². The Balaban J connectivity index is 1.27. The third kappa shape index (κ3) is 5.36. The number of aromatic amines is 2. The van der Waals surface area contributed by atoms with E-state index in [9.17, 15) is 31.5 Å². The molecule has 0 spiro atoms. The van der Waals surface area contributed by atoms with Crippen molar-refractivity contribution in [3.8, 4) is 0 Å². The zero-order valence-electron chi connectivity index (χ0n) is 19.5. The fraction of sp³-hybridized carbons (Fsp3) is 0.391. The summed E-state index contributed by atoms with van der Waals surface area (Å²) in [5.41, 5.74) is 4.07. The molecule has 0 bridgehead atoms. The third-order valence-corrected chi connectivity index (χ3v) is 6.83. The molecule has 38 heavy (non-hydrogen) atoms. The van der Waals surface area contributed by atoms with E-state index in [2.05, 4.69) is 30.8 Å². The first-order valence-corrected chi connectivity index (χ1v) is 11.9. The van der Waals surface area contributed by atoms with Crippen LogP contribution in [0.4, 0.5) is 27.6 Å². The minimum atomic E-state index is -4.86. The molecule has 0 radical (unpaired) electrons. The minimum Gasteiger partial charge on any atom is -0.350 e. The van der Waals surface area contributed by atoms with Crippen LogP contribution in [-0.4, -0.2) is 50.0 Å². The van der Waals surface area contributed by atoms with Gasteiger partial charge in [-0.25, -0.2) is 13.8 Å². The second kappa shape index (κ2) is 9.05. The van der Waals surface area contributed by atoms with Crippen LogP contribution in [0.25, 0.3) is 0 Å². The number of H-pyrrole nitrogens is 2. The summed E-state index contributed by atoms with van der Waals surface area (Å²) in [6.07, 6.45) is -3.10. The van der Waals surface area contributed by atoms with E-state index in [4.69, 9.17) is 17.3 Å². The van der Waals surface area contributed by atoms with E-state index >= 15 is 0 Å². The molecule has 15 heteroatoms. The number of anilines is 1. The van der Waals surface area contributed by atoms with Gasteiger partial charge in [-0.1, -0.05) is 11.6 Å². The molecule has 0 unspecified atom stereocenters. The minimum absolute atomic E-state index is 0.0753. The molecule has 2 fully saturated rings. The van der Waals surface area contributed by atoms with E-state index in [0.29, 0.717) is 6.54 Å². The Kier molecular flexibility index (Phi) is 6.21. The maximum atomic E-state index is 13.6. The van der Waals surface area contributed by atoms with Crippen LogP contribution >= 0.6 is 11.6 Å². The Hall–Kier alpha value is -3.52. The van der Waals surface area contributed by atoms with Gasteiger partial charge in [-0.15, -0.1) is 0 Å². The fourth-order valence-corrected chi connectivity index (χ4v) is 4.28. The van der Waals surface area contributed by atoms with Gasteiger partial charge >= 0.3 is 6.18 Å². The van der Waals surface area contributed by atoms with Crippen molar-refractivity contribution in [2.24, 2.45) is 5.73 Å². The summed E-state index contributed by atoms with van der Waals surface area (Å²) in [5, 5.41) is 10.6. The summed E-state index contributed by atoms with van der Waals surface area (Å²) < 4.78 is 67.4. The number of alkyl halides is 5. The Morgan fingerprint density at radius 3 is 2.53 bits per heavy atom. The van der Waals surface area contributed by atoms with E-state index in [0.717, 1.165) is 19.0 Å². The lowest BCUT2D eigenvalue weighted by molar-refractivity contribution is -0.141. The lowest BCUT2D eigenvalue weighted by Crippen LogP contribution is -2.39. The predicted molar refractivity (Wildman–Crippen MR) is 125 cm³/mol. The number of hydrogen-bond acceptors (Lipinski definition) is 5. The lowest BCUT2D eigenvalue weighted by Gasteiger charge is -2.12. The average Bonchev–Trinajstić information content (AvgIpc) is 3.53. The molecular formula is C23H21ClF5N7O2. The molecule has 3 aromatic rings.